The van der Waals surface area contributed by atoms with Crippen molar-refractivity contribution in [3.05, 3.63) is 63.8 Å². The molecule has 2 aromatic rings. The van der Waals surface area contributed by atoms with E-state index >= 15 is 0 Å². The molecule has 0 bridgehead atoms. The SMILES string of the molecule is COc1ccc(C2CC(=O)c3c(O)c(CC=C(C)C)c(O)c(CC=C(C)C)c3O2)c(O)c1. The lowest BCUT2D eigenvalue weighted by Gasteiger charge is -2.29. The number of benzene rings is 2. The minimum Gasteiger partial charge on any atom is -0.507 e. The Morgan fingerprint density at radius 2 is 1.66 bits per heavy atom. The van der Waals surface area contributed by atoms with Crippen LogP contribution in [0.25, 0.3) is 0 Å². The van der Waals surface area contributed by atoms with Gasteiger partial charge in [-0.2, -0.15) is 0 Å². The van der Waals surface area contributed by atoms with Crippen LogP contribution in [-0.4, -0.2) is 28.2 Å². The summed E-state index contributed by atoms with van der Waals surface area (Å²) in [6.45, 7) is 7.74. The maximum absolute atomic E-state index is 13.2. The molecule has 6 heteroatoms. The first-order chi connectivity index (χ1) is 15.1. The van der Waals surface area contributed by atoms with Gasteiger partial charge in [0.2, 0.25) is 0 Å². The van der Waals surface area contributed by atoms with E-state index in [0.717, 1.165) is 11.1 Å². The van der Waals surface area contributed by atoms with Crippen molar-refractivity contribution < 1.29 is 29.6 Å². The van der Waals surface area contributed by atoms with E-state index < -0.39 is 6.10 Å². The molecule has 6 nitrogen and oxygen atoms in total. The van der Waals surface area contributed by atoms with Gasteiger partial charge >= 0.3 is 0 Å². The number of phenolic OH excluding ortho intramolecular Hbond substituents is 3. The van der Waals surface area contributed by atoms with E-state index in [1.807, 2.05) is 39.8 Å². The fourth-order valence-electron chi connectivity index (χ4n) is 3.75. The van der Waals surface area contributed by atoms with Gasteiger partial charge in [-0.25, -0.2) is 0 Å². The van der Waals surface area contributed by atoms with Gasteiger partial charge in [-0.1, -0.05) is 23.3 Å². The predicted octanol–water partition coefficient (Wildman–Crippen LogP) is 5.54. The van der Waals surface area contributed by atoms with Crippen LogP contribution in [-0.2, 0) is 12.8 Å². The summed E-state index contributed by atoms with van der Waals surface area (Å²) in [5.41, 5.74) is 3.35. The number of methoxy groups -OCH3 is 1. The van der Waals surface area contributed by atoms with Crippen molar-refractivity contribution in [1.82, 2.24) is 0 Å². The van der Waals surface area contributed by atoms with Crippen molar-refractivity contribution in [3.8, 4) is 28.7 Å². The van der Waals surface area contributed by atoms with Gasteiger partial charge in [-0.05, 0) is 52.7 Å². The number of carbonyl (C=O) groups is 1. The van der Waals surface area contributed by atoms with Gasteiger partial charge in [0.15, 0.2) is 5.78 Å². The maximum atomic E-state index is 13.2. The zero-order chi connectivity index (χ0) is 23.6. The Morgan fingerprint density at radius 1 is 1.03 bits per heavy atom. The molecule has 0 aromatic heterocycles. The van der Waals surface area contributed by atoms with E-state index in [1.54, 1.807) is 12.1 Å². The molecule has 0 amide bonds. The quantitative estimate of drug-likeness (QED) is 0.513. The molecule has 0 aliphatic carbocycles. The molecule has 3 rings (SSSR count). The van der Waals surface area contributed by atoms with E-state index in [9.17, 15) is 20.1 Å². The van der Waals surface area contributed by atoms with Gasteiger partial charge in [-0.15, -0.1) is 0 Å². The molecule has 170 valence electrons. The number of ketones is 1. The lowest BCUT2D eigenvalue weighted by Crippen LogP contribution is -2.22. The molecule has 0 spiro atoms. The molecule has 1 aliphatic heterocycles. The standard InChI is InChI=1S/C26H30O6/c1-14(2)6-9-18-24(29)19(10-7-15(3)4)26-23(25(18)30)21(28)13-22(32-26)17-11-8-16(31-5)12-20(17)27/h6-8,11-12,22,27,29-30H,9-10,13H2,1-5H3. The highest BCUT2D eigenvalue weighted by molar-refractivity contribution is 6.04. The number of hydrogen-bond donors (Lipinski definition) is 3. The summed E-state index contributed by atoms with van der Waals surface area (Å²) in [5, 5.41) is 32.4. The number of fused-ring (bicyclic) bond motifs is 1. The highest BCUT2D eigenvalue weighted by Crippen LogP contribution is 2.49. The number of phenols is 3. The Labute approximate surface area is 188 Å². The molecule has 1 unspecified atom stereocenters. The first kappa shape index (κ1) is 23.3. The van der Waals surface area contributed by atoms with Crippen LogP contribution in [0.1, 0.15) is 67.3 Å². The molecular weight excluding hydrogens is 408 g/mol. The molecule has 1 aliphatic rings. The van der Waals surface area contributed by atoms with Crippen molar-refractivity contribution >= 4 is 5.78 Å². The van der Waals surface area contributed by atoms with E-state index in [1.165, 1.54) is 13.2 Å². The Bertz CT molecular complexity index is 1100. The van der Waals surface area contributed by atoms with Crippen molar-refractivity contribution in [1.29, 1.82) is 0 Å². The summed E-state index contributed by atoms with van der Waals surface area (Å²) in [5.74, 6) is -0.0416. The highest BCUT2D eigenvalue weighted by atomic mass is 16.5. The summed E-state index contributed by atoms with van der Waals surface area (Å²) in [6.07, 6.45) is 3.65. The van der Waals surface area contributed by atoms with Crippen LogP contribution in [0.15, 0.2) is 41.5 Å². The van der Waals surface area contributed by atoms with E-state index in [-0.39, 0.29) is 40.8 Å². The lowest BCUT2D eigenvalue weighted by molar-refractivity contribution is 0.0839. The number of aromatic hydroxyl groups is 3. The fourth-order valence-corrected chi connectivity index (χ4v) is 3.75. The summed E-state index contributed by atoms with van der Waals surface area (Å²) < 4.78 is 11.3. The van der Waals surface area contributed by atoms with Crippen LogP contribution in [0.4, 0.5) is 0 Å². The zero-order valence-corrected chi connectivity index (χ0v) is 19.2. The number of carbonyl (C=O) groups excluding carboxylic acids is 1. The third kappa shape index (κ3) is 4.59. The number of Topliss-reactive ketones (excluding diaryl/α,β-unsaturated/α-hetero) is 1. The molecule has 0 radical (unpaired) electrons. The van der Waals surface area contributed by atoms with Gasteiger partial charge in [0.1, 0.15) is 40.4 Å². The molecule has 32 heavy (non-hydrogen) atoms. The van der Waals surface area contributed by atoms with Gasteiger partial charge in [0.05, 0.1) is 13.5 Å². The summed E-state index contributed by atoms with van der Waals surface area (Å²) in [4.78, 5) is 13.2. The zero-order valence-electron chi connectivity index (χ0n) is 19.2. The van der Waals surface area contributed by atoms with Crippen molar-refractivity contribution in [3.63, 3.8) is 0 Å². The first-order valence-electron chi connectivity index (χ1n) is 10.6. The summed E-state index contributed by atoms with van der Waals surface area (Å²) in [7, 11) is 1.50. The van der Waals surface area contributed by atoms with Crippen LogP contribution in [0.5, 0.6) is 28.7 Å². The van der Waals surface area contributed by atoms with Crippen molar-refractivity contribution in [2.45, 2.75) is 53.1 Å². The topological polar surface area (TPSA) is 96.2 Å². The van der Waals surface area contributed by atoms with E-state index in [0.29, 0.717) is 35.3 Å². The smallest absolute Gasteiger partial charge is 0.174 e. The summed E-state index contributed by atoms with van der Waals surface area (Å²) >= 11 is 0. The molecule has 2 aromatic carbocycles. The average molecular weight is 439 g/mol. The van der Waals surface area contributed by atoms with Crippen molar-refractivity contribution in [2.24, 2.45) is 0 Å². The summed E-state index contributed by atoms with van der Waals surface area (Å²) in [6, 6.07) is 4.79. The van der Waals surface area contributed by atoms with Crippen LogP contribution >= 0.6 is 0 Å². The van der Waals surface area contributed by atoms with Crippen LogP contribution in [0.2, 0.25) is 0 Å². The van der Waals surface area contributed by atoms with E-state index in [4.69, 9.17) is 9.47 Å². The normalized spacial score (nSPS) is 14.9. The molecule has 1 atom stereocenters. The van der Waals surface area contributed by atoms with Gasteiger partial charge < -0.3 is 24.8 Å². The molecule has 0 fully saturated rings. The number of hydrogen-bond acceptors (Lipinski definition) is 6. The Hall–Kier alpha value is -3.41. The third-order valence-corrected chi connectivity index (χ3v) is 5.52. The minimum absolute atomic E-state index is 0.0462. The highest BCUT2D eigenvalue weighted by Gasteiger charge is 2.36. The predicted molar refractivity (Wildman–Crippen MR) is 123 cm³/mol. The largest absolute Gasteiger partial charge is 0.507 e. The number of rotatable bonds is 6. The second-order valence-electron chi connectivity index (χ2n) is 8.49. The Kier molecular flexibility index (Phi) is 6.82. The molecule has 0 saturated carbocycles. The molecule has 1 heterocycles. The third-order valence-electron chi connectivity index (χ3n) is 5.52. The lowest BCUT2D eigenvalue weighted by atomic mass is 9.88. The Morgan fingerprint density at radius 3 is 2.22 bits per heavy atom. The van der Waals surface area contributed by atoms with E-state index in [2.05, 4.69) is 0 Å². The van der Waals surface area contributed by atoms with Crippen LogP contribution in [0, 0.1) is 0 Å². The second kappa shape index (κ2) is 9.39. The minimum atomic E-state index is -0.756. The van der Waals surface area contributed by atoms with Gasteiger partial charge in [0, 0.05) is 22.8 Å². The van der Waals surface area contributed by atoms with Gasteiger partial charge in [-0.3, -0.25) is 4.79 Å². The monoisotopic (exact) mass is 438 g/mol. The van der Waals surface area contributed by atoms with Crippen molar-refractivity contribution in [2.75, 3.05) is 7.11 Å². The second-order valence-corrected chi connectivity index (χ2v) is 8.49. The maximum Gasteiger partial charge on any atom is 0.174 e. The van der Waals surface area contributed by atoms with Crippen LogP contribution < -0.4 is 9.47 Å². The first-order valence-corrected chi connectivity index (χ1v) is 10.6. The molecule has 3 N–H and O–H groups in total. The average Bonchev–Trinajstić information content (AvgIpc) is 2.72. The molecule has 0 saturated heterocycles. The Balaban J connectivity index is 2.16. The molecular formula is C26H30O6. The van der Waals surface area contributed by atoms with Crippen LogP contribution in [0.3, 0.4) is 0 Å². The van der Waals surface area contributed by atoms with Gasteiger partial charge in [0.25, 0.3) is 0 Å². The number of ether oxygens (including phenoxy) is 2. The fraction of sp³-hybridized carbons (Fsp3) is 0.346. The number of allylic oxidation sites excluding steroid dienone is 4.